The first-order chi connectivity index (χ1) is 13.0. The Bertz CT molecular complexity index is 1120. The number of fused-ring (bicyclic) bond motifs is 1. The van der Waals surface area contributed by atoms with E-state index in [0.29, 0.717) is 16.3 Å². The molecule has 0 aliphatic carbocycles. The number of aromatic carboxylic acids is 1. The number of carboxylic acids is 1. The largest absolute Gasteiger partial charge is 0.476 e. The minimum Gasteiger partial charge on any atom is -0.476 e. The summed E-state index contributed by atoms with van der Waals surface area (Å²) in [5, 5.41) is 27.0. The maximum absolute atomic E-state index is 11.5. The van der Waals surface area contributed by atoms with Crippen LogP contribution in [0, 0.1) is 10.1 Å². The molecule has 0 aliphatic heterocycles. The Kier molecular flexibility index (Phi) is 4.95. The molecule has 0 spiro atoms. The average Bonchev–Trinajstić information content (AvgIpc) is 3.26. The van der Waals surface area contributed by atoms with E-state index in [9.17, 15) is 20.0 Å². The van der Waals surface area contributed by atoms with Gasteiger partial charge in [-0.1, -0.05) is 30.9 Å². The molecule has 0 amide bonds. The minimum absolute atomic E-state index is 0.186. The molecule has 0 saturated carbocycles. The van der Waals surface area contributed by atoms with Crippen LogP contribution in [0.2, 0.25) is 0 Å². The van der Waals surface area contributed by atoms with Crippen molar-refractivity contribution in [2.75, 3.05) is 0 Å². The Morgan fingerprint density at radius 3 is 2.85 bits per heavy atom. The summed E-state index contributed by atoms with van der Waals surface area (Å²) in [7, 11) is 0. The lowest BCUT2D eigenvalue weighted by Gasteiger charge is -1.99. The lowest BCUT2D eigenvalue weighted by atomic mass is 10.2. The molecule has 0 bridgehead atoms. The van der Waals surface area contributed by atoms with Crippen molar-refractivity contribution < 1.29 is 14.8 Å². The molecule has 0 saturated heterocycles. The zero-order valence-corrected chi connectivity index (χ0v) is 15.0. The van der Waals surface area contributed by atoms with E-state index in [1.165, 1.54) is 34.2 Å². The highest BCUT2D eigenvalue weighted by Gasteiger charge is 2.21. The number of hydrogen-bond donors (Lipinski definition) is 1. The first-order valence-corrected chi connectivity index (χ1v) is 8.66. The van der Waals surface area contributed by atoms with E-state index >= 15 is 0 Å². The van der Waals surface area contributed by atoms with Crippen LogP contribution >= 0.6 is 11.3 Å². The molecule has 1 aromatic carbocycles. The molecule has 9 heteroatoms. The van der Waals surface area contributed by atoms with Gasteiger partial charge in [0.1, 0.15) is 0 Å². The van der Waals surface area contributed by atoms with Gasteiger partial charge in [0.25, 0.3) is 5.69 Å². The van der Waals surface area contributed by atoms with E-state index in [0.717, 1.165) is 5.57 Å². The normalized spacial score (nSPS) is 12.0. The zero-order chi connectivity index (χ0) is 19.6. The summed E-state index contributed by atoms with van der Waals surface area (Å²) in [5.74, 6) is -1.26. The van der Waals surface area contributed by atoms with Crippen LogP contribution in [0.5, 0.6) is 0 Å². The highest BCUT2D eigenvalue weighted by molar-refractivity contribution is 7.12. The van der Waals surface area contributed by atoms with Gasteiger partial charge in [0.2, 0.25) is 5.13 Å². The van der Waals surface area contributed by atoms with Gasteiger partial charge >= 0.3 is 5.97 Å². The van der Waals surface area contributed by atoms with Crippen molar-refractivity contribution in [2.24, 2.45) is 0 Å². The number of benzene rings is 1. The van der Waals surface area contributed by atoms with Gasteiger partial charge in [0, 0.05) is 22.9 Å². The van der Waals surface area contributed by atoms with Crippen LogP contribution in [0.4, 0.5) is 5.69 Å². The highest BCUT2D eigenvalue weighted by Crippen LogP contribution is 2.29. The number of carboxylic acid groups (broad SMARTS) is 1. The van der Waals surface area contributed by atoms with E-state index in [1.54, 1.807) is 12.2 Å². The lowest BCUT2D eigenvalue weighted by Crippen LogP contribution is -2.01. The maximum atomic E-state index is 11.5. The third kappa shape index (κ3) is 3.40. The number of allylic oxidation sites excluding steroid dienone is 5. The molecule has 0 aliphatic rings. The summed E-state index contributed by atoms with van der Waals surface area (Å²) in [6, 6.07) is 3.99. The lowest BCUT2D eigenvalue weighted by molar-refractivity contribution is -0.384. The number of nitro groups is 1. The zero-order valence-electron chi connectivity index (χ0n) is 14.2. The van der Waals surface area contributed by atoms with Crippen molar-refractivity contribution in [3.05, 3.63) is 76.0 Å². The predicted molar refractivity (Wildman–Crippen MR) is 103 cm³/mol. The molecular formula is C18H14N4O4S. The molecule has 3 aromatic rings. The molecule has 0 atom stereocenters. The van der Waals surface area contributed by atoms with Crippen molar-refractivity contribution >= 4 is 39.5 Å². The fourth-order valence-corrected chi connectivity index (χ4v) is 3.31. The summed E-state index contributed by atoms with van der Waals surface area (Å²) < 4.78 is 1.39. The van der Waals surface area contributed by atoms with Crippen molar-refractivity contribution in [1.82, 2.24) is 14.8 Å². The Morgan fingerprint density at radius 1 is 1.44 bits per heavy atom. The molecule has 3 rings (SSSR count). The SMILES string of the molecule is C=C/C=C\C(=C/C)c1csc(-n2nc(C(=O)O)c3cc([N+](=O)[O-])ccc32)n1. The van der Waals surface area contributed by atoms with Crippen LogP contribution in [-0.2, 0) is 0 Å². The van der Waals surface area contributed by atoms with Crippen LogP contribution in [0.15, 0.2) is 54.5 Å². The first kappa shape index (κ1) is 18.2. The number of nitrogens with zero attached hydrogens (tertiary/aromatic N) is 4. The molecule has 27 heavy (non-hydrogen) atoms. The standard InChI is InChI=1S/C18H14N4O4S/c1-3-5-6-11(4-2)14-10-27-18(19-14)21-15-8-7-12(22(25)26)9-13(15)16(20-21)17(23)24/h3-10H,1H2,2H3,(H,23,24)/b6-5-,11-4+. The fraction of sp³-hybridized carbons (Fsp3) is 0.0556. The quantitative estimate of drug-likeness (QED) is 0.388. The summed E-state index contributed by atoms with van der Waals surface area (Å²) in [6.07, 6.45) is 7.20. The number of rotatable bonds is 6. The third-order valence-electron chi connectivity index (χ3n) is 3.77. The summed E-state index contributed by atoms with van der Waals surface area (Å²) in [6.45, 7) is 5.52. The number of non-ortho nitro benzene ring substituents is 1. The van der Waals surface area contributed by atoms with Crippen molar-refractivity contribution in [3.63, 3.8) is 0 Å². The van der Waals surface area contributed by atoms with Crippen LogP contribution in [0.3, 0.4) is 0 Å². The van der Waals surface area contributed by atoms with Crippen molar-refractivity contribution in [2.45, 2.75) is 6.92 Å². The molecule has 1 N–H and O–H groups in total. The Morgan fingerprint density at radius 2 is 2.22 bits per heavy atom. The molecule has 2 heterocycles. The minimum atomic E-state index is -1.26. The van der Waals surface area contributed by atoms with Gasteiger partial charge in [-0.15, -0.1) is 11.3 Å². The second-order valence-corrected chi connectivity index (χ2v) is 6.21. The van der Waals surface area contributed by atoms with Gasteiger partial charge in [-0.2, -0.15) is 5.10 Å². The first-order valence-electron chi connectivity index (χ1n) is 7.78. The van der Waals surface area contributed by atoms with Crippen molar-refractivity contribution in [3.8, 4) is 5.13 Å². The van der Waals surface area contributed by atoms with E-state index < -0.39 is 10.9 Å². The van der Waals surface area contributed by atoms with Gasteiger partial charge in [-0.05, 0) is 18.6 Å². The number of nitro benzene ring substituents is 1. The maximum Gasteiger partial charge on any atom is 0.357 e. The molecule has 0 fully saturated rings. The molecule has 0 unspecified atom stereocenters. The number of hydrogen-bond acceptors (Lipinski definition) is 6. The van der Waals surface area contributed by atoms with Crippen LogP contribution in [0.25, 0.3) is 21.6 Å². The molecule has 136 valence electrons. The van der Waals surface area contributed by atoms with Gasteiger partial charge in [0.05, 0.1) is 16.1 Å². The van der Waals surface area contributed by atoms with Gasteiger partial charge in [-0.25, -0.2) is 14.5 Å². The van der Waals surface area contributed by atoms with Crippen LogP contribution < -0.4 is 0 Å². The second-order valence-electron chi connectivity index (χ2n) is 5.38. The van der Waals surface area contributed by atoms with E-state index in [-0.39, 0.29) is 16.8 Å². The van der Waals surface area contributed by atoms with Gasteiger partial charge in [-0.3, -0.25) is 10.1 Å². The van der Waals surface area contributed by atoms with Crippen molar-refractivity contribution in [1.29, 1.82) is 0 Å². The van der Waals surface area contributed by atoms with E-state index in [4.69, 9.17) is 0 Å². The Hall–Kier alpha value is -3.59. The summed E-state index contributed by atoms with van der Waals surface area (Å²) >= 11 is 1.29. The second kappa shape index (κ2) is 7.34. The average molecular weight is 382 g/mol. The van der Waals surface area contributed by atoms with E-state index in [2.05, 4.69) is 16.7 Å². The Balaban J connectivity index is 2.15. The third-order valence-corrected chi connectivity index (χ3v) is 4.58. The predicted octanol–water partition coefficient (Wildman–Crippen LogP) is 4.23. The fourth-order valence-electron chi connectivity index (χ4n) is 2.52. The summed E-state index contributed by atoms with van der Waals surface area (Å²) in [5.41, 5.74) is 1.56. The molecular weight excluding hydrogens is 368 g/mol. The molecule has 0 radical (unpaired) electrons. The number of thiazole rings is 1. The smallest absolute Gasteiger partial charge is 0.357 e. The molecule has 2 aromatic heterocycles. The van der Waals surface area contributed by atoms with E-state index in [1.807, 2.05) is 24.5 Å². The van der Waals surface area contributed by atoms with Crippen LogP contribution in [-0.4, -0.2) is 30.8 Å². The number of carbonyl (C=O) groups is 1. The van der Waals surface area contributed by atoms with Crippen LogP contribution in [0.1, 0.15) is 23.1 Å². The summed E-state index contributed by atoms with van der Waals surface area (Å²) in [4.78, 5) is 26.5. The number of aromatic nitrogens is 3. The highest BCUT2D eigenvalue weighted by atomic mass is 32.1. The Labute approximate surface area is 157 Å². The molecule has 8 nitrogen and oxygen atoms in total. The monoisotopic (exact) mass is 382 g/mol. The van der Waals surface area contributed by atoms with Gasteiger partial charge < -0.3 is 5.11 Å². The topological polar surface area (TPSA) is 111 Å². The van der Waals surface area contributed by atoms with Gasteiger partial charge in [0.15, 0.2) is 5.69 Å².